The van der Waals surface area contributed by atoms with Gasteiger partial charge in [0.15, 0.2) is 0 Å². The molecule has 1 heteroatoms. The first-order chi connectivity index (χ1) is 6.86. The van der Waals surface area contributed by atoms with E-state index in [1.807, 2.05) is 17.8 Å². The van der Waals surface area contributed by atoms with E-state index in [0.717, 1.165) is 0 Å². The van der Waals surface area contributed by atoms with Gasteiger partial charge in [0, 0.05) is 16.1 Å². The average molecular weight is 202 g/mol. The Labute approximate surface area is 89.8 Å². The maximum Gasteiger partial charge on any atom is 0.0381 e. The molecule has 0 saturated carbocycles. The molecule has 2 rings (SSSR count). The molecule has 0 aromatic rings. The molecule has 2 aliphatic rings. The molecule has 1 aliphatic carbocycles. The van der Waals surface area contributed by atoms with Crippen molar-refractivity contribution in [2.75, 3.05) is 0 Å². The Morgan fingerprint density at radius 3 is 2.86 bits per heavy atom. The molecule has 2 unspecified atom stereocenters. The van der Waals surface area contributed by atoms with Crippen LogP contribution in [0, 0.1) is 5.92 Å². The normalized spacial score (nSPS) is 35.2. The van der Waals surface area contributed by atoms with Crippen molar-refractivity contribution in [2.45, 2.75) is 12.2 Å². The Morgan fingerprint density at radius 1 is 1.36 bits per heavy atom. The lowest BCUT2D eigenvalue weighted by atomic mass is 9.91. The third-order valence-corrected chi connectivity index (χ3v) is 4.00. The fraction of sp³-hybridized carbons (Fsp3) is 0.231. The van der Waals surface area contributed by atoms with Crippen molar-refractivity contribution >= 4 is 11.8 Å². The van der Waals surface area contributed by atoms with Gasteiger partial charge in [-0.1, -0.05) is 49.1 Å². The minimum atomic E-state index is 0.550. The van der Waals surface area contributed by atoms with Crippen LogP contribution in [0.25, 0.3) is 0 Å². The van der Waals surface area contributed by atoms with Crippen molar-refractivity contribution in [3.05, 3.63) is 59.6 Å². The van der Waals surface area contributed by atoms with Crippen molar-refractivity contribution in [1.29, 1.82) is 0 Å². The zero-order valence-corrected chi connectivity index (χ0v) is 9.13. The van der Waals surface area contributed by atoms with E-state index in [4.69, 9.17) is 0 Å². The molecule has 72 valence electrons. The first-order valence-electron chi connectivity index (χ1n) is 4.87. The summed E-state index contributed by atoms with van der Waals surface area (Å²) in [6, 6.07) is 0. The van der Waals surface area contributed by atoms with Gasteiger partial charge >= 0.3 is 0 Å². The Hall–Kier alpha value is -0.950. The maximum absolute atomic E-state index is 3.78. The van der Waals surface area contributed by atoms with Crippen molar-refractivity contribution in [2.24, 2.45) is 5.92 Å². The molecule has 0 radical (unpaired) electrons. The number of fused-ring (bicyclic) bond motifs is 1. The van der Waals surface area contributed by atoms with Gasteiger partial charge in [0.1, 0.15) is 0 Å². The molecule has 0 bridgehead atoms. The number of hydrogen-bond acceptors (Lipinski definition) is 1. The second-order valence-corrected chi connectivity index (χ2v) is 4.61. The van der Waals surface area contributed by atoms with Crippen molar-refractivity contribution in [1.82, 2.24) is 0 Å². The second kappa shape index (κ2) is 4.05. The number of thioether (sulfide) groups is 1. The van der Waals surface area contributed by atoms with Gasteiger partial charge in [0.05, 0.1) is 0 Å². The topological polar surface area (TPSA) is 0 Å². The Kier molecular flexibility index (Phi) is 2.78. The summed E-state index contributed by atoms with van der Waals surface area (Å²) in [5.74, 6) is 0.550. The molecular formula is C13H14S. The lowest BCUT2D eigenvalue weighted by molar-refractivity contribution is 0.823. The quantitative estimate of drug-likeness (QED) is 0.622. The van der Waals surface area contributed by atoms with E-state index < -0.39 is 0 Å². The number of allylic oxidation sites excluding steroid dienone is 7. The van der Waals surface area contributed by atoms with Gasteiger partial charge < -0.3 is 0 Å². The van der Waals surface area contributed by atoms with Crippen LogP contribution < -0.4 is 0 Å². The van der Waals surface area contributed by atoms with Gasteiger partial charge in [-0.2, -0.15) is 0 Å². The second-order valence-electron chi connectivity index (χ2n) is 3.39. The highest BCUT2D eigenvalue weighted by atomic mass is 32.2. The molecule has 0 aromatic carbocycles. The molecule has 1 heterocycles. The van der Waals surface area contributed by atoms with Crippen LogP contribution in [-0.4, -0.2) is 5.25 Å². The third kappa shape index (κ3) is 1.53. The zero-order chi connectivity index (χ0) is 9.97. The van der Waals surface area contributed by atoms with Gasteiger partial charge in [-0.05, 0) is 12.5 Å². The first-order valence-corrected chi connectivity index (χ1v) is 5.75. The summed E-state index contributed by atoms with van der Waals surface area (Å²) in [6.07, 6.45) is 15.0. The highest BCUT2D eigenvalue weighted by Crippen LogP contribution is 2.48. The van der Waals surface area contributed by atoms with Gasteiger partial charge in [-0.3, -0.25) is 0 Å². The van der Waals surface area contributed by atoms with E-state index in [9.17, 15) is 0 Å². The van der Waals surface area contributed by atoms with Crippen LogP contribution in [0.3, 0.4) is 0 Å². The van der Waals surface area contributed by atoms with Crippen molar-refractivity contribution in [3.63, 3.8) is 0 Å². The van der Waals surface area contributed by atoms with Crippen molar-refractivity contribution in [3.8, 4) is 0 Å². The molecule has 0 N–H and O–H groups in total. The molecule has 1 aliphatic heterocycles. The number of hydrogen-bond donors (Lipinski definition) is 0. The van der Waals surface area contributed by atoms with E-state index in [-0.39, 0.29) is 0 Å². The highest BCUT2D eigenvalue weighted by Gasteiger charge is 2.32. The van der Waals surface area contributed by atoms with E-state index in [2.05, 4.69) is 50.0 Å². The lowest BCUT2D eigenvalue weighted by Crippen LogP contribution is -2.09. The van der Waals surface area contributed by atoms with Crippen LogP contribution in [0.4, 0.5) is 0 Å². The van der Waals surface area contributed by atoms with E-state index in [0.29, 0.717) is 11.2 Å². The molecule has 0 amide bonds. The summed E-state index contributed by atoms with van der Waals surface area (Å²) in [6.45, 7) is 5.88. The van der Waals surface area contributed by atoms with Gasteiger partial charge in [0.2, 0.25) is 0 Å². The van der Waals surface area contributed by atoms with Gasteiger partial charge in [-0.25, -0.2) is 0 Å². The third-order valence-electron chi connectivity index (χ3n) is 2.55. The largest absolute Gasteiger partial charge is 0.118 e. The average Bonchev–Trinajstić information content (AvgIpc) is 2.58. The van der Waals surface area contributed by atoms with Crippen LogP contribution in [0.15, 0.2) is 59.6 Å². The molecule has 14 heavy (non-hydrogen) atoms. The molecule has 1 fully saturated rings. The summed E-state index contributed by atoms with van der Waals surface area (Å²) in [7, 11) is 0. The molecule has 0 nitrogen and oxygen atoms in total. The Morgan fingerprint density at radius 2 is 2.14 bits per heavy atom. The van der Waals surface area contributed by atoms with Crippen LogP contribution >= 0.6 is 11.8 Å². The standard InChI is InChI=1S/C13H14S/c1-3-7-10-11-8-5-6-9-13(11)14-12(10)4-2/h3-9,11,13H,1H2,2H3/b10-7?,12-4+. The first kappa shape index (κ1) is 9.60. The van der Waals surface area contributed by atoms with Crippen molar-refractivity contribution < 1.29 is 0 Å². The molecular weight excluding hydrogens is 188 g/mol. The minimum absolute atomic E-state index is 0.550. The van der Waals surface area contributed by atoms with Crippen LogP contribution in [0.2, 0.25) is 0 Å². The van der Waals surface area contributed by atoms with Gasteiger partial charge in [0.25, 0.3) is 0 Å². The fourth-order valence-electron chi connectivity index (χ4n) is 1.91. The maximum atomic E-state index is 3.78. The van der Waals surface area contributed by atoms with Crippen LogP contribution in [-0.2, 0) is 0 Å². The molecule has 0 spiro atoms. The summed E-state index contributed by atoms with van der Waals surface area (Å²) < 4.78 is 0. The van der Waals surface area contributed by atoms with E-state index >= 15 is 0 Å². The SMILES string of the molecule is C=CC=C1/C(=C\C)SC2C=CC=CC12. The zero-order valence-electron chi connectivity index (χ0n) is 8.31. The predicted molar refractivity (Wildman–Crippen MR) is 65.2 cm³/mol. The Bertz CT molecular complexity index is 355. The summed E-state index contributed by atoms with van der Waals surface area (Å²) in [4.78, 5) is 1.40. The Balaban J connectivity index is 2.38. The summed E-state index contributed by atoms with van der Waals surface area (Å²) in [5, 5.41) is 0.595. The molecule has 1 saturated heterocycles. The summed E-state index contributed by atoms with van der Waals surface area (Å²) in [5.41, 5.74) is 1.41. The smallest absolute Gasteiger partial charge is 0.0381 e. The van der Waals surface area contributed by atoms with E-state index in [1.54, 1.807) is 0 Å². The van der Waals surface area contributed by atoms with Gasteiger partial charge in [-0.15, -0.1) is 11.8 Å². The van der Waals surface area contributed by atoms with E-state index in [1.165, 1.54) is 10.5 Å². The summed E-state index contributed by atoms with van der Waals surface area (Å²) >= 11 is 1.95. The predicted octanol–water partition coefficient (Wildman–Crippen LogP) is 3.86. The highest BCUT2D eigenvalue weighted by molar-refractivity contribution is 8.04. The fourth-order valence-corrected chi connectivity index (χ4v) is 3.24. The monoisotopic (exact) mass is 202 g/mol. The minimum Gasteiger partial charge on any atom is -0.118 e. The van der Waals surface area contributed by atoms with Crippen LogP contribution in [0.5, 0.6) is 0 Å². The number of rotatable bonds is 1. The molecule has 2 atom stereocenters. The molecule has 0 aromatic heterocycles. The van der Waals surface area contributed by atoms with Crippen LogP contribution in [0.1, 0.15) is 6.92 Å². The lowest BCUT2D eigenvalue weighted by Gasteiger charge is -2.13.